The molecule has 5 heteroatoms. The van der Waals surface area contributed by atoms with Gasteiger partial charge in [-0.25, -0.2) is 4.99 Å². The molecule has 0 aromatic heterocycles. The van der Waals surface area contributed by atoms with Crippen molar-refractivity contribution in [2.75, 3.05) is 27.2 Å². The maximum absolute atomic E-state index is 5.76. The number of nitrogens with zero attached hydrogens (tertiary/aromatic N) is 4. The molecule has 2 aliphatic heterocycles. The molecule has 0 radical (unpaired) electrons. The third-order valence-corrected chi connectivity index (χ3v) is 4.00. The Morgan fingerprint density at radius 2 is 1.95 bits per heavy atom. The molecule has 1 aromatic rings. The Hall–Kier alpha value is -1.75. The van der Waals surface area contributed by atoms with Gasteiger partial charge in [0.2, 0.25) is 5.90 Å². The predicted molar refractivity (Wildman–Crippen MR) is 78.0 cm³/mol. The van der Waals surface area contributed by atoms with E-state index in [0.29, 0.717) is 6.61 Å². The van der Waals surface area contributed by atoms with Crippen LogP contribution in [0.2, 0.25) is 0 Å². The van der Waals surface area contributed by atoms with E-state index in [1.807, 2.05) is 12.1 Å². The third kappa shape index (κ3) is 2.45. The standard InChI is InChI=1S/C15H20N4O/c1-16-18-15(7-9-19(2)10-8-15)17-14-13-6-4-3-5-12(13)11-20-14/h3-6H,7-11H2,1-2H3/b17-14-,18-16?. The summed E-state index contributed by atoms with van der Waals surface area (Å²) in [6.45, 7) is 2.57. The van der Waals surface area contributed by atoms with Gasteiger partial charge < -0.3 is 9.64 Å². The molecule has 0 spiro atoms. The number of ether oxygens (including phenoxy) is 1. The first-order chi connectivity index (χ1) is 9.72. The summed E-state index contributed by atoms with van der Waals surface area (Å²) >= 11 is 0. The highest BCUT2D eigenvalue weighted by atomic mass is 16.5. The third-order valence-electron chi connectivity index (χ3n) is 4.00. The van der Waals surface area contributed by atoms with Crippen LogP contribution in [0.4, 0.5) is 0 Å². The lowest BCUT2D eigenvalue weighted by atomic mass is 9.98. The van der Waals surface area contributed by atoms with Crippen molar-refractivity contribution in [2.24, 2.45) is 15.2 Å². The Kier molecular flexibility index (Phi) is 3.53. The summed E-state index contributed by atoms with van der Waals surface area (Å²) in [5, 5.41) is 8.42. The second-order valence-corrected chi connectivity index (χ2v) is 5.45. The average molecular weight is 272 g/mol. The number of rotatable bonds is 2. The number of fused-ring (bicyclic) bond motifs is 1. The lowest BCUT2D eigenvalue weighted by molar-refractivity contribution is 0.188. The van der Waals surface area contributed by atoms with Gasteiger partial charge in [0.1, 0.15) is 6.61 Å². The topological polar surface area (TPSA) is 49.6 Å². The quantitative estimate of drug-likeness (QED) is 0.776. The summed E-state index contributed by atoms with van der Waals surface area (Å²) in [5.74, 6) is 0.720. The Morgan fingerprint density at radius 1 is 1.20 bits per heavy atom. The van der Waals surface area contributed by atoms with Crippen LogP contribution >= 0.6 is 0 Å². The molecule has 5 nitrogen and oxygen atoms in total. The Bertz CT molecular complexity index is 545. The number of aliphatic imine (C=N–C) groups is 1. The van der Waals surface area contributed by atoms with Crippen molar-refractivity contribution in [3.63, 3.8) is 0 Å². The van der Waals surface area contributed by atoms with Crippen molar-refractivity contribution in [1.29, 1.82) is 0 Å². The van der Waals surface area contributed by atoms with Crippen molar-refractivity contribution in [2.45, 2.75) is 25.1 Å². The zero-order valence-electron chi connectivity index (χ0n) is 12.0. The molecule has 0 aliphatic carbocycles. The van der Waals surface area contributed by atoms with E-state index in [1.54, 1.807) is 7.05 Å². The van der Waals surface area contributed by atoms with E-state index < -0.39 is 5.66 Å². The van der Waals surface area contributed by atoms with Gasteiger partial charge in [0.05, 0.1) is 0 Å². The lowest BCUT2D eigenvalue weighted by Crippen LogP contribution is -2.40. The Morgan fingerprint density at radius 3 is 2.70 bits per heavy atom. The van der Waals surface area contributed by atoms with Crippen LogP contribution in [0.3, 0.4) is 0 Å². The second kappa shape index (κ2) is 5.32. The normalized spacial score (nSPS) is 24.0. The van der Waals surface area contributed by atoms with E-state index in [2.05, 4.69) is 34.3 Å². The van der Waals surface area contributed by atoms with Gasteiger partial charge in [0.15, 0.2) is 5.66 Å². The van der Waals surface area contributed by atoms with Crippen LogP contribution in [0.5, 0.6) is 0 Å². The van der Waals surface area contributed by atoms with Gasteiger partial charge in [-0.1, -0.05) is 18.2 Å². The monoisotopic (exact) mass is 272 g/mol. The first-order valence-corrected chi connectivity index (χ1v) is 7.03. The summed E-state index contributed by atoms with van der Waals surface area (Å²) in [4.78, 5) is 7.14. The molecule has 106 valence electrons. The lowest BCUT2D eigenvalue weighted by Gasteiger charge is -2.33. The zero-order valence-corrected chi connectivity index (χ0v) is 12.0. The predicted octanol–water partition coefficient (Wildman–Crippen LogP) is 2.47. The summed E-state index contributed by atoms with van der Waals surface area (Å²) < 4.78 is 5.76. The number of likely N-dealkylation sites (tertiary alicyclic amines) is 1. The smallest absolute Gasteiger partial charge is 0.219 e. The van der Waals surface area contributed by atoms with Gasteiger partial charge in [-0.3, -0.25) is 0 Å². The average Bonchev–Trinajstić information content (AvgIpc) is 2.86. The molecule has 3 rings (SSSR count). The molecular formula is C15H20N4O. The van der Waals surface area contributed by atoms with Crippen LogP contribution < -0.4 is 0 Å². The van der Waals surface area contributed by atoms with Crippen LogP contribution in [0.15, 0.2) is 39.5 Å². The fraction of sp³-hybridized carbons (Fsp3) is 0.533. The van der Waals surface area contributed by atoms with E-state index in [9.17, 15) is 0 Å². The summed E-state index contributed by atoms with van der Waals surface area (Å²) in [7, 11) is 3.84. The minimum Gasteiger partial charge on any atom is -0.473 e. The number of benzene rings is 1. The number of piperidine rings is 1. The molecule has 0 amide bonds. The number of hydrogen-bond acceptors (Lipinski definition) is 5. The van der Waals surface area contributed by atoms with E-state index in [0.717, 1.165) is 37.4 Å². The van der Waals surface area contributed by atoms with Crippen molar-refractivity contribution in [1.82, 2.24) is 4.90 Å². The first-order valence-electron chi connectivity index (χ1n) is 7.03. The summed E-state index contributed by atoms with van der Waals surface area (Å²) in [6, 6.07) is 8.20. The molecule has 2 heterocycles. The van der Waals surface area contributed by atoms with Gasteiger partial charge in [-0.05, 0) is 13.1 Å². The summed E-state index contributed by atoms with van der Waals surface area (Å²) in [5.41, 5.74) is 1.84. The van der Waals surface area contributed by atoms with Crippen molar-refractivity contribution < 1.29 is 4.74 Å². The van der Waals surface area contributed by atoms with E-state index >= 15 is 0 Å². The first kappa shape index (κ1) is 13.2. The highest BCUT2D eigenvalue weighted by Crippen LogP contribution is 2.31. The zero-order chi connectivity index (χ0) is 14.0. The van der Waals surface area contributed by atoms with Crippen LogP contribution in [-0.4, -0.2) is 43.6 Å². The van der Waals surface area contributed by atoms with Crippen molar-refractivity contribution >= 4 is 5.90 Å². The summed E-state index contributed by atoms with van der Waals surface area (Å²) in [6.07, 6.45) is 1.77. The minimum atomic E-state index is -0.450. The van der Waals surface area contributed by atoms with Gasteiger partial charge >= 0.3 is 0 Å². The molecule has 0 saturated carbocycles. The SMILES string of the molecule is CN=NC1(/N=C2\OCc3ccccc32)CCN(C)CC1. The molecule has 0 unspecified atom stereocenters. The van der Waals surface area contributed by atoms with Gasteiger partial charge in [-0.2, -0.15) is 10.2 Å². The molecule has 0 bridgehead atoms. The highest BCUT2D eigenvalue weighted by Gasteiger charge is 2.35. The van der Waals surface area contributed by atoms with Crippen molar-refractivity contribution in [3.05, 3.63) is 35.4 Å². The highest BCUT2D eigenvalue weighted by molar-refractivity contribution is 5.97. The molecule has 1 fully saturated rings. The van der Waals surface area contributed by atoms with Crippen LogP contribution in [-0.2, 0) is 11.3 Å². The van der Waals surface area contributed by atoms with Crippen LogP contribution in [0.1, 0.15) is 24.0 Å². The van der Waals surface area contributed by atoms with Crippen LogP contribution in [0.25, 0.3) is 0 Å². The molecule has 0 atom stereocenters. The molecule has 1 saturated heterocycles. The number of hydrogen-bond donors (Lipinski definition) is 0. The van der Waals surface area contributed by atoms with Crippen LogP contribution in [0, 0.1) is 0 Å². The molecule has 20 heavy (non-hydrogen) atoms. The molecule has 2 aliphatic rings. The van der Waals surface area contributed by atoms with Gasteiger partial charge in [0.25, 0.3) is 0 Å². The van der Waals surface area contributed by atoms with Gasteiger partial charge in [0, 0.05) is 44.1 Å². The van der Waals surface area contributed by atoms with E-state index in [1.165, 1.54) is 5.56 Å². The largest absolute Gasteiger partial charge is 0.473 e. The fourth-order valence-electron chi connectivity index (χ4n) is 2.76. The van der Waals surface area contributed by atoms with Gasteiger partial charge in [-0.15, -0.1) is 0 Å². The maximum Gasteiger partial charge on any atom is 0.219 e. The fourth-order valence-corrected chi connectivity index (χ4v) is 2.76. The van der Waals surface area contributed by atoms with Crippen molar-refractivity contribution in [3.8, 4) is 0 Å². The second-order valence-electron chi connectivity index (χ2n) is 5.45. The van der Waals surface area contributed by atoms with E-state index in [-0.39, 0.29) is 0 Å². The number of azo groups is 1. The Labute approximate surface area is 119 Å². The Balaban J connectivity index is 1.93. The molecule has 1 aromatic carbocycles. The minimum absolute atomic E-state index is 0.450. The van der Waals surface area contributed by atoms with E-state index in [4.69, 9.17) is 9.73 Å². The molecule has 0 N–H and O–H groups in total. The molecular weight excluding hydrogens is 252 g/mol. The maximum atomic E-state index is 5.76.